The number of nitro groups is 1. The highest BCUT2D eigenvalue weighted by atomic mass is 16.6. The van der Waals surface area contributed by atoms with Crippen LogP contribution in [-0.2, 0) is 13.0 Å². The maximum absolute atomic E-state index is 10.7. The molecule has 0 amide bonds. The fraction of sp³-hybridized carbons (Fsp3) is 0.200. The van der Waals surface area contributed by atoms with Crippen LogP contribution in [0.4, 0.5) is 17.1 Å². The van der Waals surface area contributed by atoms with Gasteiger partial charge in [-0.1, -0.05) is 31.2 Å². The van der Waals surface area contributed by atoms with E-state index in [1.165, 1.54) is 17.2 Å². The highest BCUT2D eigenvalue weighted by molar-refractivity contribution is 5.65. The SMILES string of the molecule is CCc1ccccc1CNc1ccc([N+](=O)[O-])c(N)c1. The van der Waals surface area contributed by atoms with Crippen molar-refractivity contribution >= 4 is 17.1 Å². The zero-order valence-corrected chi connectivity index (χ0v) is 11.3. The number of nitrogen functional groups attached to an aromatic ring is 1. The molecule has 2 rings (SSSR count). The van der Waals surface area contributed by atoms with Gasteiger partial charge in [0, 0.05) is 18.3 Å². The molecule has 0 saturated carbocycles. The smallest absolute Gasteiger partial charge is 0.292 e. The standard InChI is InChI=1S/C15H17N3O2/c1-2-11-5-3-4-6-12(11)10-17-13-7-8-15(18(19)20)14(16)9-13/h3-9,17H,2,10,16H2,1H3. The van der Waals surface area contributed by atoms with E-state index in [-0.39, 0.29) is 11.4 Å². The highest BCUT2D eigenvalue weighted by Gasteiger charge is 2.11. The number of rotatable bonds is 5. The molecule has 2 aromatic carbocycles. The minimum Gasteiger partial charge on any atom is -0.393 e. The summed E-state index contributed by atoms with van der Waals surface area (Å²) in [7, 11) is 0. The number of anilines is 2. The molecule has 0 heterocycles. The Labute approximate surface area is 117 Å². The molecule has 0 aromatic heterocycles. The van der Waals surface area contributed by atoms with Gasteiger partial charge in [0.15, 0.2) is 0 Å². The van der Waals surface area contributed by atoms with Crippen LogP contribution in [0, 0.1) is 10.1 Å². The number of hydrogen-bond acceptors (Lipinski definition) is 4. The summed E-state index contributed by atoms with van der Waals surface area (Å²) in [5, 5.41) is 13.9. The Kier molecular flexibility index (Phi) is 4.20. The summed E-state index contributed by atoms with van der Waals surface area (Å²) in [6, 6.07) is 12.9. The number of nitrogens with two attached hydrogens (primary N) is 1. The van der Waals surface area contributed by atoms with Gasteiger partial charge in [-0.05, 0) is 29.7 Å². The second-order valence-corrected chi connectivity index (χ2v) is 4.51. The number of nitrogens with one attached hydrogen (secondary N) is 1. The van der Waals surface area contributed by atoms with Crippen molar-refractivity contribution in [3.05, 3.63) is 63.7 Å². The lowest BCUT2D eigenvalue weighted by molar-refractivity contribution is -0.383. The van der Waals surface area contributed by atoms with Crippen LogP contribution in [0.5, 0.6) is 0 Å². The Hall–Kier alpha value is -2.56. The summed E-state index contributed by atoms with van der Waals surface area (Å²) < 4.78 is 0. The van der Waals surface area contributed by atoms with E-state index >= 15 is 0 Å². The third-order valence-electron chi connectivity index (χ3n) is 3.21. The van der Waals surface area contributed by atoms with Gasteiger partial charge in [0.25, 0.3) is 5.69 Å². The van der Waals surface area contributed by atoms with Gasteiger partial charge in [-0.25, -0.2) is 0 Å². The molecular formula is C15H17N3O2. The molecule has 2 aromatic rings. The first kappa shape index (κ1) is 13.9. The number of aryl methyl sites for hydroxylation is 1. The molecule has 5 heteroatoms. The van der Waals surface area contributed by atoms with Crippen LogP contribution in [0.2, 0.25) is 0 Å². The molecule has 0 atom stereocenters. The number of nitrogens with zero attached hydrogens (tertiary/aromatic N) is 1. The fourth-order valence-corrected chi connectivity index (χ4v) is 2.10. The van der Waals surface area contributed by atoms with E-state index in [4.69, 9.17) is 5.73 Å². The first-order chi connectivity index (χ1) is 9.61. The second-order valence-electron chi connectivity index (χ2n) is 4.51. The molecule has 0 spiro atoms. The van der Waals surface area contributed by atoms with Crippen molar-refractivity contribution < 1.29 is 4.92 Å². The van der Waals surface area contributed by atoms with Crippen molar-refractivity contribution in [2.24, 2.45) is 0 Å². The number of nitro benzene ring substituents is 1. The molecule has 0 unspecified atom stereocenters. The molecular weight excluding hydrogens is 254 g/mol. The van der Waals surface area contributed by atoms with Gasteiger partial charge in [0.1, 0.15) is 5.69 Å². The van der Waals surface area contributed by atoms with Crippen molar-refractivity contribution in [1.82, 2.24) is 0 Å². The van der Waals surface area contributed by atoms with E-state index in [2.05, 4.69) is 24.4 Å². The van der Waals surface area contributed by atoms with Crippen LogP contribution in [-0.4, -0.2) is 4.92 Å². The van der Waals surface area contributed by atoms with E-state index in [9.17, 15) is 10.1 Å². The summed E-state index contributed by atoms with van der Waals surface area (Å²) in [6.07, 6.45) is 0.972. The first-order valence-electron chi connectivity index (χ1n) is 6.46. The maximum atomic E-state index is 10.7. The number of hydrogen-bond donors (Lipinski definition) is 2. The van der Waals surface area contributed by atoms with Crippen LogP contribution in [0.3, 0.4) is 0 Å². The Morgan fingerprint density at radius 1 is 1.20 bits per heavy atom. The topological polar surface area (TPSA) is 81.2 Å². The Balaban J connectivity index is 2.11. The summed E-state index contributed by atoms with van der Waals surface area (Å²) in [5.41, 5.74) is 9.05. The lowest BCUT2D eigenvalue weighted by Gasteiger charge is -2.10. The van der Waals surface area contributed by atoms with E-state index in [0.29, 0.717) is 6.54 Å². The fourth-order valence-electron chi connectivity index (χ4n) is 2.10. The molecule has 0 saturated heterocycles. The lowest BCUT2D eigenvalue weighted by Crippen LogP contribution is -2.03. The van der Waals surface area contributed by atoms with Crippen molar-refractivity contribution in [3.8, 4) is 0 Å². The molecule has 0 aliphatic rings. The minimum absolute atomic E-state index is 0.0653. The van der Waals surface area contributed by atoms with Gasteiger partial charge in [0.05, 0.1) is 4.92 Å². The average molecular weight is 271 g/mol. The van der Waals surface area contributed by atoms with E-state index in [1.807, 2.05) is 12.1 Å². The summed E-state index contributed by atoms with van der Waals surface area (Å²) in [5.74, 6) is 0. The van der Waals surface area contributed by atoms with Crippen molar-refractivity contribution in [2.45, 2.75) is 19.9 Å². The van der Waals surface area contributed by atoms with Crippen LogP contribution < -0.4 is 11.1 Å². The highest BCUT2D eigenvalue weighted by Crippen LogP contribution is 2.25. The van der Waals surface area contributed by atoms with E-state index in [1.54, 1.807) is 12.1 Å². The van der Waals surface area contributed by atoms with E-state index in [0.717, 1.165) is 12.1 Å². The molecule has 5 nitrogen and oxygen atoms in total. The first-order valence-corrected chi connectivity index (χ1v) is 6.46. The van der Waals surface area contributed by atoms with Gasteiger partial charge >= 0.3 is 0 Å². The van der Waals surface area contributed by atoms with Crippen LogP contribution in [0.1, 0.15) is 18.1 Å². The molecule has 0 aliphatic carbocycles. The van der Waals surface area contributed by atoms with Crippen molar-refractivity contribution in [1.29, 1.82) is 0 Å². The van der Waals surface area contributed by atoms with Gasteiger partial charge in [0.2, 0.25) is 0 Å². The molecule has 104 valence electrons. The summed E-state index contributed by atoms with van der Waals surface area (Å²) in [4.78, 5) is 10.2. The number of benzene rings is 2. The van der Waals surface area contributed by atoms with E-state index < -0.39 is 4.92 Å². The monoisotopic (exact) mass is 271 g/mol. The minimum atomic E-state index is -0.481. The van der Waals surface area contributed by atoms with Crippen molar-refractivity contribution in [2.75, 3.05) is 11.1 Å². The third kappa shape index (κ3) is 3.06. The van der Waals surface area contributed by atoms with Gasteiger partial charge in [-0.15, -0.1) is 0 Å². The van der Waals surface area contributed by atoms with Gasteiger partial charge in [-0.3, -0.25) is 10.1 Å². The zero-order chi connectivity index (χ0) is 14.5. The predicted octanol–water partition coefficient (Wildman–Crippen LogP) is 3.35. The maximum Gasteiger partial charge on any atom is 0.292 e. The summed E-state index contributed by atoms with van der Waals surface area (Å²) in [6.45, 7) is 2.78. The second kappa shape index (κ2) is 6.06. The molecule has 20 heavy (non-hydrogen) atoms. The molecule has 0 radical (unpaired) electrons. The normalized spacial score (nSPS) is 10.2. The third-order valence-corrected chi connectivity index (χ3v) is 3.21. The van der Waals surface area contributed by atoms with Crippen LogP contribution in [0.15, 0.2) is 42.5 Å². The van der Waals surface area contributed by atoms with Crippen LogP contribution >= 0.6 is 0 Å². The average Bonchev–Trinajstić information content (AvgIpc) is 2.45. The lowest BCUT2D eigenvalue weighted by atomic mass is 10.1. The molecule has 3 N–H and O–H groups in total. The summed E-state index contributed by atoms with van der Waals surface area (Å²) >= 11 is 0. The van der Waals surface area contributed by atoms with Gasteiger partial charge in [-0.2, -0.15) is 0 Å². The van der Waals surface area contributed by atoms with Crippen molar-refractivity contribution in [3.63, 3.8) is 0 Å². The van der Waals surface area contributed by atoms with Crippen LogP contribution in [0.25, 0.3) is 0 Å². The van der Waals surface area contributed by atoms with Gasteiger partial charge < -0.3 is 11.1 Å². The zero-order valence-electron chi connectivity index (χ0n) is 11.3. The Morgan fingerprint density at radius 2 is 1.90 bits per heavy atom. The Bertz CT molecular complexity index is 626. The molecule has 0 fully saturated rings. The Morgan fingerprint density at radius 3 is 2.50 bits per heavy atom. The predicted molar refractivity (Wildman–Crippen MR) is 80.7 cm³/mol. The largest absolute Gasteiger partial charge is 0.393 e. The molecule has 0 bridgehead atoms. The molecule has 0 aliphatic heterocycles. The quantitative estimate of drug-likeness (QED) is 0.496.